The molecule has 1 aromatic heterocycles. The van der Waals surface area contributed by atoms with Crippen LogP contribution in [0.2, 0.25) is 0 Å². The molecular formula is C12H18N2O3S. The molecule has 0 spiro atoms. The molecule has 6 heteroatoms. The molecule has 1 aromatic rings. The molecule has 0 radical (unpaired) electrons. The van der Waals surface area contributed by atoms with E-state index in [0.717, 1.165) is 36.8 Å². The van der Waals surface area contributed by atoms with Gasteiger partial charge in [-0.05, 0) is 19.8 Å². The molecule has 100 valence electrons. The molecule has 5 nitrogen and oxygen atoms in total. The van der Waals surface area contributed by atoms with E-state index in [9.17, 15) is 9.90 Å². The minimum atomic E-state index is -0.858. The number of carboxylic acids is 1. The van der Waals surface area contributed by atoms with Crippen molar-refractivity contribution in [2.45, 2.75) is 25.7 Å². The Balaban J connectivity index is 2.21. The van der Waals surface area contributed by atoms with Gasteiger partial charge in [0, 0.05) is 26.1 Å². The summed E-state index contributed by atoms with van der Waals surface area (Å²) >= 11 is 1.28. The number of ether oxygens (including phenoxy) is 1. The van der Waals surface area contributed by atoms with Gasteiger partial charge in [0.15, 0.2) is 5.13 Å². The number of anilines is 1. The first-order valence-corrected chi connectivity index (χ1v) is 6.96. The molecule has 1 aliphatic carbocycles. The second-order valence-corrected chi connectivity index (χ2v) is 5.34. The second-order valence-electron chi connectivity index (χ2n) is 4.36. The average molecular weight is 270 g/mol. The molecule has 1 heterocycles. The lowest BCUT2D eigenvalue weighted by atomic mass is 10.2. The zero-order valence-electron chi connectivity index (χ0n) is 10.7. The summed E-state index contributed by atoms with van der Waals surface area (Å²) in [4.78, 5) is 18.2. The van der Waals surface area contributed by atoms with E-state index in [1.807, 2.05) is 6.92 Å². The van der Waals surface area contributed by atoms with Gasteiger partial charge in [-0.3, -0.25) is 0 Å². The van der Waals surface area contributed by atoms with Gasteiger partial charge >= 0.3 is 5.97 Å². The molecule has 1 N–H and O–H groups in total. The number of nitrogens with zero attached hydrogens (tertiary/aromatic N) is 2. The van der Waals surface area contributed by atoms with Crippen LogP contribution in [-0.4, -0.2) is 42.9 Å². The highest BCUT2D eigenvalue weighted by molar-refractivity contribution is 7.17. The van der Waals surface area contributed by atoms with Crippen molar-refractivity contribution in [3.63, 3.8) is 0 Å². The number of rotatable bonds is 7. The maximum absolute atomic E-state index is 11.2. The third kappa shape index (κ3) is 2.81. The zero-order chi connectivity index (χ0) is 13.1. The first-order valence-electron chi connectivity index (χ1n) is 6.15. The summed E-state index contributed by atoms with van der Waals surface area (Å²) in [5.74, 6) is -0.495. The number of hydrogen-bond donors (Lipinski definition) is 1. The van der Waals surface area contributed by atoms with Crippen molar-refractivity contribution < 1.29 is 14.6 Å². The van der Waals surface area contributed by atoms with Crippen molar-refractivity contribution in [1.29, 1.82) is 0 Å². The molecule has 0 amide bonds. The van der Waals surface area contributed by atoms with E-state index in [0.29, 0.717) is 17.4 Å². The highest BCUT2D eigenvalue weighted by Crippen LogP contribution is 2.44. The normalized spacial score (nSPS) is 14.8. The van der Waals surface area contributed by atoms with Crippen LogP contribution in [0.15, 0.2) is 0 Å². The van der Waals surface area contributed by atoms with E-state index in [2.05, 4.69) is 9.88 Å². The Labute approximate surface area is 110 Å². The highest BCUT2D eigenvalue weighted by Gasteiger charge is 2.32. The molecule has 1 saturated carbocycles. The molecule has 1 fully saturated rings. The Bertz CT molecular complexity index is 429. The lowest BCUT2D eigenvalue weighted by molar-refractivity contribution is 0.0700. The quantitative estimate of drug-likeness (QED) is 0.823. The lowest BCUT2D eigenvalue weighted by Gasteiger charge is -2.18. The molecule has 0 aromatic carbocycles. The smallest absolute Gasteiger partial charge is 0.347 e. The van der Waals surface area contributed by atoms with E-state index < -0.39 is 5.97 Å². The number of aromatic nitrogens is 1. The van der Waals surface area contributed by atoms with Gasteiger partial charge in [-0.1, -0.05) is 11.3 Å². The van der Waals surface area contributed by atoms with Crippen LogP contribution in [0.5, 0.6) is 0 Å². The number of thiazole rings is 1. The largest absolute Gasteiger partial charge is 0.477 e. The fourth-order valence-electron chi connectivity index (χ4n) is 1.83. The molecule has 2 rings (SSSR count). The van der Waals surface area contributed by atoms with Crippen molar-refractivity contribution in [2.24, 2.45) is 0 Å². The summed E-state index contributed by atoms with van der Waals surface area (Å²) in [6.07, 6.45) is 2.13. The summed E-state index contributed by atoms with van der Waals surface area (Å²) in [6.45, 7) is 4.20. The van der Waals surface area contributed by atoms with E-state index in [1.165, 1.54) is 11.3 Å². The van der Waals surface area contributed by atoms with Crippen LogP contribution in [0.3, 0.4) is 0 Å². The average Bonchev–Trinajstić information content (AvgIpc) is 3.10. The van der Waals surface area contributed by atoms with Crippen molar-refractivity contribution in [1.82, 2.24) is 4.98 Å². The SMILES string of the molecule is CCN(CCOC)c1nc(C2CC2)c(C(=O)O)s1. The molecule has 0 saturated heterocycles. The van der Waals surface area contributed by atoms with Crippen LogP contribution in [0.4, 0.5) is 5.13 Å². The maximum Gasteiger partial charge on any atom is 0.347 e. The molecule has 0 atom stereocenters. The topological polar surface area (TPSA) is 62.7 Å². The van der Waals surface area contributed by atoms with E-state index in [1.54, 1.807) is 7.11 Å². The molecule has 0 bridgehead atoms. The third-order valence-electron chi connectivity index (χ3n) is 3.02. The Morgan fingerprint density at radius 2 is 2.33 bits per heavy atom. The molecule has 0 unspecified atom stereocenters. The summed E-state index contributed by atoms with van der Waals surface area (Å²) in [5.41, 5.74) is 0.776. The fourth-order valence-corrected chi connectivity index (χ4v) is 2.91. The predicted molar refractivity (Wildman–Crippen MR) is 70.8 cm³/mol. The summed E-state index contributed by atoms with van der Waals surface area (Å²) in [5, 5.41) is 10.0. The maximum atomic E-state index is 11.2. The Kier molecular flexibility index (Phi) is 4.19. The summed E-state index contributed by atoms with van der Waals surface area (Å²) in [7, 11) is 1.66. The van der Waals surface area contributed by atoms with Crippen molar-refractivity contribution in [2.75, 3.05) is 31.7 Å². The number of carboxylic acid groups (broad SMARTS) is 1. The lowest BCUT2D eigenvalue weighted by Crippen LogP contribution is -2.26. The van der Waals surface area contributed by atoms with Crippen LogP contribution < -0.4 is 4.90 Å². The Hall–Kier alpha value is -1.14. The number of methoxy groups -OCH3 is 1. The summed E-state index contributed by atoms with van der Waals surface area (Å²) < 4.78 is 5.06. The van der Waals surface area contributed by atoms with Gasteiger partial charge < -0.3 is 14.7 Å². The minimum absolute atomic E-state index is 0.363. The molecule has 18 heavy (non-hydrogen) atoms. The van der Waals surface area contributed by atoms with E-state index in [-0.39, 0.29) is 0 Å². The fraction of sp³-hybridized carbons (Fsp3) is 0.667. The standard InChI is InChI=1S/C12H18N2O3S/c1-3-14(6-7-17-2)12-13-9(8-4-5-8)10(18-12)11(15)16/h8H,3-7H2,1-2H3,(H,15,16). The number of carbonyl (C=O) groups is 1. The molecule has 0 aliphatic heterocycles. The van der Waals surface area contributed by atoms with Crippen molar-refractivity contribution in [3.8, 4) is 0 Å². The highest BCUT2D eigenvalue weighted by atomic mass is 32.1. The number of likely N-dealkylation sites (N-methyl/N-ethyl adjacent to an activating group) is 1. The van der Waals surface area contributed by atoms with E-state index >= 15 is 0 Å². The van der Waals surface area contributed by atoms with Crippen LogP contribution >= 0.6 is 11.3 Å². The van der Waals surface area contributed by atoms with Crippen LogP contribution in [0.25, 0.3) is 0 Å². The van der Waals surface area contributed by atoms with Crippen molar-refractivity contribution >= 4 is 22.4 Å². The van der Waals surface area contributed by atoms with Crippen molar-refractivity contribution in [3.05, 3.63) is 10.6 Å². The van der Waals surface area contributed by atoms with Gasteiger partial charge in [0.2, 0.25) is 0 Å². The number of hydrogen-bond acceptors (Lipinski definition) is 5. The monoisotopic (exact) mass is 270 g/mol. The van der Waals surface area contributed by atoms with Gasteiger partial charge in [-0.25, -0.2) is 9.78 Å². The second kappa shape index (κ2) is 5.67. The van der Waals surface area contributed by atoms with Gasteiger partial charge in [0.05, 0.1) is 12.3 Å². The van der Waals surface area contributed by atoms with Crippen LogP contribution in [0.1, 0.15) is 41.0 Å². The number of aromatic carboxylic acids is 1. The van der Waals surface area contributed by atoms with E-state index in [4.69, 9.17) is 4.74 Å². The Morgan fingerprint density at radius 3 is 2.83 bits per heavy atom. The van der Waals surface area contributed by atoms with Gasteiger partial charge in [-0.2, -0.15) is 0 Å². The molecule has 1 aliphatic rings. The van der Waals surface area contributed by atoms with Crippen LogP contribution in [-0.2, 0) is 4.74 Å². The summed E-state index contributed by atoms with van der Waals surface area (Å²) in [6, 6.07) is 0. The predicted octanol–water partition coefficient (Wildman–Crippen LogP) is 2.19. The Morgan fingerprint density at radius 1 is 1.61 bits per heavy atom. The van der Waals surface area contributed by atoms with Gasteiger partial charge in [-0.15, -0.1) is 0 Å². The zero-order valence-corrected chi connectivity index (χ0v) is 11.5. The van der Waals surface area contributed by atoms with Gasteiger partial charge in [0.1, 0.15) is 4.88 Å². The van der Waals surface area contributed by atoms with Crippen LogP contribution in [0, 0.1) is 0 Å². The first-order chi connectivity index (χ1) is 8.67. The third-order valence-corrected chi connectivity index (χ3v) is 4.14. The van der Waals surface area contributed by atoms with Gasteiger partial charge in [0.25, 0.3) is 0 Å². The minimum Gasteiger partial charge on any atom is -0.477 e. The molecular weight excluding hydrogens is 252 g/mol. The first kappa shape index (κ1) is 13.3.